The standard InChI is InChI=1S/C21H16N4O2S/c26-20(11-9-18-4-3-15-28-18)22-16-5-7-17(8-6-16)27-21-12-10-19(23-24-21)25-13-1-2-14-25/h1-15H,(H,22,26)/b11-9+. The molecule has 0 spiro atoms. The Labute approximate surface area is 165 Å². The molecule has 0 saturated heterocycles. The molecule has 0 aliphatic heterocycles. The summed E-state index contributed by atoms with van der Waals surface area (Å²) in [4.78, 5) is 13.0. The molecule has 0 aliphatic rings. The lowest BCUT2D eigenvalue weighted by Crippen LogP contribution is -2.07. The van der Waals surface area contributed by atoms with Crippen LogP contribution in [0.5, 0.6) is 11.6 Å². The van der Waals surface area contributed by atoms with Crippen molar-refractivity contribution >= 4 is 29.0 Å². The van der Waals surface area contributed by atoms with Crippen molar-refractivity contribution in [3.63, 3.8) is 0 Å². The first-order valence-electron chi connectivity index (χ1n) is 8.54. The maximum atomic E-state index is 12.0. The van der Waals surface area contributed by atoms with Gasteiger partial charge < -0.3 is 14.6 Å². The fourth-order valence-corrected chi connectivity index (χ4v) is 3.07. The second-order valence-corrected chi connectivity index (χ2v) is 6.76. The lowest BCUT2D eigenvalue weighted by molar-refractivity contribution is -0.111. The predicted molar refractivity (Wildman–Crippen MR) is 110 cm³/mol. The molecule has 7 heteroatoms. The van der Waals surface area contributed by atoms with Gasteiger partial charge in [-0.1, -0.05) is 6.07 Å². The van der Waals surface area contributed by atoms with Crippen LogP contribution in [0.2, 0.25) is 0 Å². The van der Waals surface area contributed by atoms with Crippen LogP contribution in [0.15, 0.2) is 84.5 Å². The van der Waals surface area contributed by atoms with E-state index in [9.17, 15) is 4.79 Å². The van der Waals surface area contributed by atoms with E-state index in [4.69, 9.17) is 4.74 Å². The zero-order valence-electron chi connectivity index (χ0n) is 14.7. The highest BCUT2D eigenvalue weighted by atomic mass is 32.1. The molecule has 4 rings (SSSR count). The molecule has 0 radical (unpaired) electrons. The Kier molecular flexibility index (Phi) is 5.26. The van der Waals surface area contributed by atoms with E-state index < -0.39 is 0 Å². The summed E-state index contributed by atoms with van der Waals surface area (Å²) in [5, 5.41) is 13.0. The Bertz CT molecular complexity index is 1050. The van der Waals surface area contributed by atoms with Crippen molar-refractivity contribution in [3.05, 3.63) is 89.4 Å². The molecule has 1 aromatic carbocycles. The number of amides is 1. The van der Waals surface area contributed by atoms with Crippen molar-refractivity contribution in [2.45, 2.75) is 0 Å². The van der Waals surface area contributed by atoms with Crippen LogP contribution in [-0.4, -0.2) is 20.7 Å². The third-order valence-electron chi connectivity index (χ3n) is 3.78. The highest BCUT2D eigenvalue weighted by Crippen LogP contribution is 2.21. The Morgan fingerprint density at radius 2 is 1.82 bits per heavy atom. The molecule has 4 aromatic rings. The van der Waals surface area contributed by atoms with Crippen molar-refractivity contribution in [1.82, 2.24) is 14.8 Å². The number of nitrogens with zero attached hydrogens (tertiary/aromatic N) is 3. The molecule has 0 unspecified atom stereocenters. The van der Waals surface area contributed by atoms with Crippen molar-refractivity contribution in [2.24, 2.45) is 0 Å². The highest BCUT2D eigenvalue weighted by molar-refractivity contribution is 7.10. The number of ether oxygens (including phenoxy) is 1. The van der Waals surface area contributed by atoms with Crippen LogP contribution in [0.3, 0.4) is 0 Å². The average Bonchev–Trinajstić information content (AvgIpc) is 3.43. The van der Waals surface area contributed by atoms with Gasteiger partial charge in [-0.15, -0.1) is 21.5 Å². The van der Waals surface area contributed by atoms with E-state index in [0.29, 0.717) is 23.1 Å². The summed E-state index contributed by atoms with van der Waals surface area (Å²) in [5.41, 5.74) is 0.683. The lowest BCUT2D eigenvalue weighted by Gasteiger charge is -2.07. The van der Waals surface area contributed by atoms with Crippen LogP contribution in [0.25, 0.3) is 11.9 Å². The first kappa shape index (κ1) is 17.7. The summed E-state index contributed by atoms with van der Waals surface area (Å²) >= 11 is 1.58. The third-order valence-corrected chi connectivity index (χ3v) is 4.62. The van der Waals surface area contributed by atoms with Crippen molar-refractivity contribution in [1.29, 1.82) is 0 Å². The van der Waals surface area contributed by atoms with E-state index in [2.05, 4.69) is 15.5 Å². The topological polar surface area (TPSA) is 69.0 Å². The quantitative estimate of drug-likeness (QED) is 0.483. The second kappa shape index (κ2) is 8.32. The number of rotatable bonds is 6. The van der Waals surface area contributed by atoms with Crippen molar-refractivity contribution in [2.75, 3.05) is 5.32 Å². The largest absolute Gasteiger partial charge is 0.438 e. The summed E-state index contributed by atoms with van der Waals surface area (Å²) in [5.74, 6) is 1.53. The van der Waals surface area contributed by atoms with Crippen LogP contribution in [-0.2, 0) is 4.79 Å². The zero-order chi connectivity index (χ0) is 19.2. The summed E-state index contributed by atoms with van der Waals surface area (Å²) in [7, 11) is 0. The number of nitrogens with one attached hydrogen (secondary N) is 1. The molecule has 28 heavy (non-hydrogen) atoms. The van der Waals surface area contributed by atoms with Gasteiger partial charge in [0.2, 0.25) is 11.8 Å². The Morgan fingerprint density at radius 3 is 2.50 bits per heavy atom. The number of hydrogen-bond acceptors (Lipinski definition) is 5. The smallest absolute Gasteiger partial charge is 0.248 e. The summed E-state index contributed by atoms with van der Waals surface area (Å²) in [6.07, 6.45) is 7.09. The number of hydrogen-bond donors (Lipinski definition) is 1. The minimum absolute atomic E-state index is 0.187. The molecule has 0 bridgehead atoms. The SMILES string of the molecule is O=C(/C=C/c1cccs1)Nc1ccc(Oc2ccc(-n3cccc3)nn2)cc1. The van der Waals surface area contributed by atoms with Crippen LogP contribution >= 0.6 is 11.3 Å². The van der Waals surface area contributed by atoms with Gasteiger partial charge >= 0.3 is 0 Å². The van der Waals surface area contributed by atoms with Crippen molar-refractivity contribution in [3.8, 4) is 17.4 Å². The first-order valence-corrected chi connectivity index (χ1v) is 9.42. The van der Waals surface area contributed by atoms with Gasteiger partial charge in [-0.2, -0.15) is 0 Å². The van der Waals surface area contributed by atoms with Gasteiger partial charge in [-0.25, -0.2) is 0 Å². The maximum absolute atomic E-state index is 12.0. The van der Waals surface area contributed by atoms with Gasteiger partial charge in [-0.05, 0) is 60.0 Å². The van der Waals surface area contributed by atoms with Crippen LogP contribution < -0.4 is 10.1 Å². The normalized spacial score (nSPS) is 10.9. The lowest BCUT2D eigenvalue weighted by atomic mass is 10.3. The van der Waals surface area contributed by atoms with E-state index in [0.717, 1.165) is 4.88 Å². The molecule has 3 heterocycles. The minimum Gasteiger partial charge on any atom is -0.438 e. The second-order valence-electron chi connectivity index (χ2n) is 5.78. The highest BCUT2D eigenvalue weighted by Gasteiger charge is 2.03. The monoisotopic (exact) mass is 388 g/mol. The van der Waals surface area contributed by atoms with E-state index >= 15 is 0 Å². The Hall–Kier alpha value is -3.71. The summed E-state index contributed by atoms with van der Waals surface area (Å²) in [6.45, 7) is 0. The fourth-order valence-electron chi connectivity index (χ4n) is 2.45. The summed E-state index contributed by atoms with van der Waals surface area (Å²) in [6, 6.07) is 18.4. The van der Waals surface area contributed by atoms with Gasteiger partial charge in [0, 0.05) is 35.1 Å². The number of aromatic nitrogens is 3. The molecular weight excluding hydrogens is 372 g/mol. The van der Waals surface area contributed by atoms with Gasteiger partial charge in [0.25, 0.3) is 0 Å². The molecule has 3 aromatic heterocycles. The van der Waals surface area contributed by atoms with E-state index in [1.807, 2.05) is 52.7 Å². The Balaban J connectivity index is 1.34. The molecule has 0 atom stereocenters. The molecular formula is C21H16N4O2S. The first-order chi connectivity index (χ1) is 13.8. The predicted octanol–water partition coefficient (Wildman–Crippen LogP) is 4.77. The number of carbonyl (C=O) groups excluding carboxylic acids is 1. The molecule has 0 fully saturated rings. The summed E-state index contributed by atoms with van der Waals surface area (Å²) < 4.78 is 7.56. The molecule has 0 aliphatic carbocycles. The molecule has 1 amide bonds. The number of carbonyl (C=O) groups is 1. The van der Waals surface area contributed by atoms with E-state index in [-0.39, 0.29) is 5.91 Å². The van der Waals surface area contributed by atoms with Crippen LogP contribution in [0.1, 0.15) is 4.88 Å². The number of benzene rings is 1. The number of anilines is 1. The minimum atomic E-state index is -0.187. The average molecular weight is 388 g/mol. The Morgan fingerprint density at radius 1 is 1.00 bits per heavy atom. The van der Waals surface area contributed by atoms with Crippen molar-refractivity contribution < 1.29 is 9.53 Å². The van der Waals surface area contributed by atoms with Crippen LogP contribution in [0.4, 0.5) is 5.69 Å². The van der Waals surface area contributed by atoms with Gasteiger partial charge in [-0.3, -0.25) is 4.79 Å². The third kappa shape index (κ3) is 4.52. The van der Waals surface area contributed by atoms with Crippen LogP contribution in [0, 0.1) is 0 Å². The van der Waals surface area contributed by atoms with Gasteiger partial charge in [0.1, 0.15) is 5.75 Å². The van der Waals surface area contributed by atoms with E-state index in [1.165, 1.54) is 6.08 Å². The zero-order valence-corrected chi connectivity index (χ0v) is 15.5. The molecule has 138 valence electrons. The van der Waals surface area contributed by atoms with Gasteiger partial charge in [0.05, 0.1) is 0 Å². The number of thiophene rings is 1. The fraction of sp³-hybridized carbons (Fsp3) is 0. The molecule has 0 saturated carbocycles. The molecule has 1 N–H and O–H groups in total. The maximum Gasteiger partial charge on any atom is 0.248 e. The molecule has 6 nitrogen and oxygen atoms in total. The van der Waals surface area contributed by atoms with E-state index in [1.54, 1.807) is 47.7 Å². The van der Waals surface area contributed by atoms with Gasteiger partial charge in [0.15, 0.2) is 5.82 Å².